The molecule has 1 aromatic carbocycles. The van der Waals surface area contributed by atoms with E-state index in [0.717, 1.165) is 57.1 Å². The molecule has 0 N–H and O–H groups in total. The van der Waals surface area contributed by atoms with Gasteiger partial charge in [0, 0.05) is 6.61 Å². The molecule has 5 unspecified atom stereocenters. The van der Waals surface area contributed by atoms with Crippen molar-refractivity contribution < 1.29 is 13.5 Å². The monoisotopic (exact) mass is 418 g/mol. The molecule has 0 amide bonds. The summed E-state index contributed by atoms with van der Waals surface area (Å²) < 4.78 is 36.2. The van der Waals surface area contributed by atoms with Gasteiger partial charge in [0.05, 0.1) is 6.10 Å². The fourth-order valence-electron chi connectivity index (χ4n) is 6.46. The zero-order chi connectivity index (χ0) is 21.1. The molecule has 1 aromatic rings. The van der Waals surface area contributed by atoms with Crippen LogP contribution >= 0.6 is 0 Å². The molecule has 5 atom stereocenters. The van der Waals surface area contributed by atoms with Crippen LogP contribution in [0.1, 0.15) is 107 Å². The predicted molar refractivity (Wildman–Crippen MR) is 119 cm³/mol. The molecule has 0 heterocycles. The van der Waals surface area contributed by atoms with Crippen molar-refractivity contribution in [3.05, 3.63) is 34.4 Å². The largest absolute Gasteiger partial charge is 0.378 e. The Morgan fingerprint density at radius 2 is 1.73 bits per heavy atom. The highest BCUT2D eigenvalue weighted by molar-refractivity contribution is 5.38. The Kier molecular flexibility index (Phi) is 7.49. The highest BCUT2D eigenvalue weighted by Gasteiger charge is 2.38. The van der Waals surface area contributed by atoms with E-state index in [-0.39, 0.29) is 5.92 Å². The molecule has 4 rings (SSSR count). The molecule has 0 aliphatic heterocycles. The SMILES string of the molecule is CCCCCOC1CCC2CC(c3cc4c(c(F)c3F)CC(CC)CC4)CCC2C1. The Balaban J connectivity index is 1.39. The summed E-state index contributed by atoms with van der Waals surface area (Å²) >= 11 is 0. The molecular formula is C27H40F2O. The number of halogens is 2. The van der Waals surface area contributed by atoms with Crippen LogP contribution in [0.5, 0.6) is 0 Å². The zero-order valence-corrected chi connectivity index (χ0v) is 19.0. The van der Waals surface area contributed by atoms with Crippen molar-refractivity contribution >= 4 is 0 Å². The van der Waals surface area contributed by atoms with E-state index in [9.17, 15) is 4.39 Å². The first-order valence-electron chi connectivity index (χ1n) is 12.7. The average molecular weight is 419 g/mol. The standard InChI is InChI=1S/C27H40F2O/c1-3-5-6-13-30-23-12-11-19-15-21(10-9-20(19)16-23)25-17-22-8-7-18(4-2)14-24(22)26(28)27(25)29/h17-21,23H,3-16H2,1-2H3. The maximum atomic E-state index is 15.1. The van der Waals surface area contributed by atoms with E-state index in [1.165, 1.54) is 32.1 Å². The van der Waals surface area contributed by atoms with Crippen LogP contribution in [0.4, 0.5) is 8.78 Å². The molecule has 3 aliphatic carbocycles. The lowest BCUT2D eigenvalue weighted by molar-refractivity contribution is -0.0164. The quantitative estimate of drug-likeness (QED) is 0.411. The van der Waals surface area contributed by atoms with Gasteiger partial charge in [0.1, 0.15) is 0 Å². The molecule has 2 fully saturated rings. The fraction of sp³-hybridized carbons (Fsp3) is 0.778. The predicted octanol–water partition coefficient (Wildman–Crippen LogP) is 7.74. The topological polar surface area (TPSA) is 9.23 Å². The van der Waals surface area contributed by atoms with Crippen LogP contribution in [0.25, 0.3) is 0 Å². The molecule has 0 radical (unpaired) electrons. The summed E-state index contributed by atoms with van der Waals surface area (Å²) in [5.41, 5.74) is 2.43. The van der Waals surface area contributed by atoms with Crippen LogP contribution in [-0.4, -0.2) is 12.7 Å². The number of rotatable bonds is 7. The van der Waals surface area contributed by atoms with Crippen LogP contribution in [-0.2, 0) is 17.6 Å². The third kappa shape index (κ3) is 4.76. The van der Waals surface area contributed by atoms with Gasteiger partial charge in [-0.25, -0.2) is 8.78 Å². The number of aryl methyl sites for hydroxylation is 1. The second-order valence-electron chi connectivity index (χ2n) is 10.3. The zero-order valence-electron chi connectivity index (χ0n) is 19.0. The van der Waals surface area contributed by atoms with E-state index in [4.69, 9.17) is 4.74 Å². The summed E-state index contributed by atoms with van der Waals surface area (Å²) in [4.78, 5) is 0. The van der Waals surface area contributed by atoms with E-state index in [1.807, 2.05) is 6.07 Å². The second-order valence-corrected chi connectivity index (χ2v) is 10.3. The smallest absolute Gasteiger partial charge is 0.162 e. The van der Waals surface area contributed by atoms with Crippen molar-refractivity contribution in [2.45, 2.75) is 109 Å². The number of fused-ring (bicyclic) bond motifs is 2. The molecular weight excluding hydrogens is 378 g/mol. The van der Waals surface area contributed by atoms with E-state index in [2.05, 4.69) is 13.8 Å². The summed E-state index contributed by atoms with van der Waals surface area (Å²) in [6.45, 7) is 5.28. The van der Waals surface area contributed by atoms with Crippen molar-refractivity contribution in [2.24, 2.45) is 17.8 Å². The minimum absolute atomic E-state index is 0.192. The highest BCUT2D eigenvalue weighted by Crippen LogP contribution is 2.48. The van der Waals surface area contributed by atoms with Gasteiger partial charge in [0.15, 0.2) is 11.6 Å². The van der Waals surface area contributed by atoms with Gasteiger partial charge in [0.25, 0.3) is 0 Å². The minimum Gasteiger partial charge on any atom is -0.378 e. The molecule has 0 saturated heterocycles. The van der Waals surface area contributed by atoms with Crippen molar-refractivity contribution in [1.82, 2.24) is 0 Å². The van der Waals surface area contributed by atoms with Gasteiger partial charge in [0.2, 0.25) is 0 Å². The van der Waals surface area contributed by atoms with Crippen molar-refractivity contribution in [3.63, 3.8) is 0 Å². The molecule has 3 heteroatoms. The summed E-state index contributed by atoms with van der Waals surface area (Å²) in [7, 11) is 0. The summed E-state index contributed by atoms with van der Waals surface area (Å²) in [6.07, 6.45) is 14.5. The molecule has 1 nitrogen and oxygen atoms in total. The van der Waals surface area contributed by atoms with E-state index in [1.54, 1.807) is 0 Å². The molecule has 0 bridgehead atoms. The first kappa shape index (κ1) is 22.2. The number of hydrogen-bond donors (Lipinski definition) is 0. The van der Waals surface area contributed by atoms with Crippen molar-refractivity contribution in [1.29, 1.82) is 0 Å². The Bertz CT molecular complexity index is 715. The summed E-state index contributed by atoms with van der Waals surface area (Å²) in [5, 5.41) is 0. The fourth-order valence-corrected chi connectivity index (χ4v) is 6.46. The maximum Gasteiger partial charge on any atom is 0.162 e. The minimum atomic E-state index is -0.540. The van der Waals surface area contributed by atoms with Gasteiger partial charge < -0.3 is 4.74 Å². The molecule has 0 spiro atoms. The Morgan fingerprint density at radius 1 is 0.933 bits per heavy atom. The van der Waals surface area contributed by atoms with Crippen LogP contribution in [0.2, 0.25) is 0 Å². The average Bonchev–Trinajstić information content (AvgIpc) is 2.78. The van der Waals surface area contributed by atoms with E-state index in [0.29, 0.717) is 41.4 Å². The van der Waals surface area contributed by atoms with Crippen LogP contribution in [0, 0.1) is 29.4 Å². The van der Waals surface area contributed by atoms with E-state index < -0.39 is 11.6 Å². The summed E-state index contributed by atoms with van der Waals surface area (Å²) in [6, 6.07) is 2.05. The van der Waals surface area contributed by atoms with Crippen LogP contribution in [0.3, 0.4) is 0 Å². The highest BCUT2D eigenvalue weighted by atomic mass is 19.2. The Hall–Kier alpha value is -0.960. The maximum absolute atomic E-state index is 15.1. The number of benzene rings is 1. The van der Waals surface area contributed by atoms with Gasteiger partial charge in [-0.3, -0.25) is 0 Å². The summed E-state index contributed by atoms with van der Waals surface area (Å²) in [5.74, 6) is 0.988. The van der Waals surface area contributed by atoms with Gasteiger partial charge in [-0.2, -0.15) is 0 Å². The Labute approximate surface area is 182 Å². The molecule has 168 valence electrons. The molecule has 3 aliphatic rings. The van der Waals surface area contributed by atoms with Crippen molar-refractivity contribution in [2.75, 3.05) is 6.61 Å². The molecule has 0 aromatic heterocycles. The lowest BCUT2D eigenvalue weighted by Gasteiger charge is -2.42. The van der Waals surface area contributed by atoms with Gasteiger partial charge in [-0.1, -0.05) is 39.2 Å². The lowest BCUT2D eigenvalue weighted by atomic mass is 9.65. The normalized spacial score (nSPS) is 31.3. The molecule has 30 heavy (non-hydrogen) atoms. The second kappa shape index (κ2) is 10.1. The van der Waals surface area contributed by atoms with Gasteiger partial charge >= 0.3 is 0 Å². The van der Waals surface area contributed by atoms with Gasteiger partial charge in [-0.15, -0.1) is 0 Å². The van der Waals surface area contributed by atoms with Crippen LogP contribution < -0.4 is 0 Å². The van der Waals surface area contributed by atoms with Crippen LogP contribution in [0.15, 0.2) is 6.07 Å². The third-order valence-corrected chi connectivity index (χ3v) is 8.43. The lowest BCUT2D eigenvalue weighted by Crippen LogP contribution is -2.34. The van der Waals surface area contributed by atoms with Crippen molar-refractivity contribution in [3.8, 4) is 0 Å². The first-order valence-corrected chi connectivity index (χ1v) is 12.7. The number of ether oxygens (including phenoxy) is 1. The van der Waals surface area contributed by atoms with Gasteiger partial charge in [-0.05, 0) is 105 Å². The Morgan fingerprint density at radius 3 is 2.53 bits per heavy atom. The number of hydrogen-bond acceptors (Lipinski definition) is 1. The first-order chi connectivity index (χ1) is 14.6. The molecule has 2 saturated carbocycles. The number of unbranched alkanes of at least 4 members (excludes halogenated alkanes) is 2. The van der Waals surface area contributed by atoms with E-state index >= 15 is 4.39 Å². The third-order valence-electron chi connectivity index (χ3n) is 8.43.